The molecule has 1 N–H and O–H groups in total. The van der Waals surface area contributed by atoms with E-state index in [0.29, 0.717) is 13.0 Å². The van der Waals surface area contributed by atoms with Crippen molar-refractivity contribution in [1.29, 1.82) is 5.26 Å². The summed E-state index contributed by atoms with van der Waals surface area (Å²) in [6.07, 6.45) is 5.79. The third-order valence-corrected chi connectivity index (χ3v) is 4.02. The van der Waals surface area contributed by atoms with Gasteiger partial charge in [0, 0.05) is 41.0 Å². The Morgan fingerprint density at radius 2 is 1.96 bits per heavy atom. The second-order valence-corrected chi connectivity index (χ2v) is 5.89. The van der Waals surface area contributed by atoms with Crippen molar-refractivity contribution in [3.05, 3.63) is 71.9 Å². The first-order chi connectivity index (χ1) is 12.2. The number of amides is 1. The Kier molecular flexibility index (Phi) is 4.96. The summed E-state index contributed by atoms with van der Waals surface area (Å²) in [5, 5.41) is 12.7. The zero-order valence-electron chi connectivity index (χ0n) is 14.1. The molecule has 0 bridgehead atoms. The summed E-state index contributed by atoms with van der Waals surface area (Å²) in [6.45, 7) is 2.65. The first kappa shape index (κ1) is 16.5. The van der Waals surface area contributed by atoms with Crippen LogP contribution in [-0.2, 0) is 11.3 Å². The van der Waals surface area contributed by atoms with Gasteiger partial charge < -0.3 is 9.88 Å². The Hall–Kier alpha value is -3.32. The molecule has 0 aliphatic rings. The van der Waals surface area contributed by atoms with Gasteiger partial charge in [-0.2, -0.15) is 5.26 Å². The fourth-order valence-corrected chi connectivity index (χ4v) is 2.75. The minimum absolute atomic E-state index is 0.169. The number of nitrogens with zero attached hydrogens (tertiary/aromatic N) is 2. The molecule has 1 amide bonds. The third kappa shape index (κ3) is 3.96. The van der Waals surface area contributed by atoms with Crippen molar-refractivity contribution >= 4 is 28.6 Å². The van der Waals surface area contributed by atoms with Gasteiger partial charge in [0.2, 0.25) is 5.91 Å². The van der Waals surface area contributed by atoms with Gasteiger partial charge in [-0.05, 0) is 31.2 Å². The third-order valence-electron chi connectivity index (χ3n) is 4.02. The summed E-state index contributed by atoms with van der Waals surface area (Å²) >= 11 is 0. The van der Waals surface area contributed by atoms with Crippen molar-refractivity contribution in [3.8, 4) is 6.07 Å². The van der Waals surface area contributed by atoms with Crippen LogP contribution in [0.15, 0.2) is 60.8 Å². The molecule has 0 fully saturated rings. The fourth-order valence-electron chi connectivity index (χ4n) is 2.75. The Morgan fingerprint density at radius 3 is 2.72 bits per heavy atom. The van der Waals surface area contributed by atoms with Crippen LogP contribution in [0.1, 0.15) is 17.5 Å². The van der Waals surface area contributed by atoms with Gasteiger partial charge in [0.25, 0.3) is 0 Å². The van der Waals surface area contributed by atoms with Crippen molar-refractivity contribution in [2.24, 2.45) is 0 Å². The number of nitrogens with one attached hydrogen (secondary N) is 1. The predicted octanol–water partition coefficient (Wildman–Crippen LogP) is 4.52. The molecule has 1 heterocycles. The maximum absolute atomic E-state index is 12.1. The molecule has 3 rings (SSSR count). The highest BCUT2D eigenvalue weighted by atomic mass is 16.1. The van der Waals surface area contributed by atoms with Crippen molar-refractivity contribution in [1.82, 2.24) is 4.57 Å². The first-order valence-electron chi connectivity index (χ1n) is 8.18. The van der Waals surface area contributed by atoms with E-state index >= 15 is 0 Å². The number of para-hydroxylation sites is 1. The average molecular weight is 329 g/mol. The molecule has 0 saturated carbocycles. The van der Waals surface area contributed by atoms with Crippen LogP contribution in [-0.4, -0.2) is 10.5 Å². The molecular formula is C21H19N3O. The van der Waals surface area contributed by atoms with Crippen LogP contribution in [0.4, 0.5) is 5.69 Å². The zero-order valence-corrected chi connectivity index (χ0v) is 14.1. The van der Waals surface area contributed by atoms with E-state index in [-0.39, 0.29) is 5.91 Å². The molecule has 1 aromatic heterocycles. The molecule has 0 aliphatic heterocycles. The quantitative estimate of drug-likeness (QED) is 0.700. The lowest BCUT2D eigenvalue weighted by Crippen LogP contribution is -2.07. The summed E-state index contributed by atoms with van der Waals surface area (Å²) in [5.41, 5.74) is 3.96. The van der Waals surface area contributed by atoms with Gasteiger partial charge in [0.05, 0.1) is 12.5 Å². The lowest BCUT2D eigenvalue weighted by Gasteiger charge is -2.01. The van der Waals surface area contributed by atoms with Gasteiger partial charge in [-0.25, -0.2) is 0 Å². The molecule has 0 radical (unpaired) electrons. The van der Waals surface area contributed by atoms with Crippen LogP contribution in [0.2, 0.25) is 0 Å². The van der Waals surface area contributed by atoms with Gasteiger partial charge in [-0.15, -0.1) is 0 Å². The minimum Gasteiger partial charge on any atom is -0.346 e. The average Bonchev–Trinajstić information content (AvgIpc) is 2.98. The molecule has 4 heteroatoms. The number of aromatic nitrogens is 1. The van der Waals surface area contributed by atoms with E-state index in [1.807, 2.05) is 67.7 Å². The second kappa shape index (κ2) is 7.50. The number of anilines is 1. The highest BCUT2D eigenvalue weighted by Crippen LogP contribution is 2.23. The lowest BCUT2D eigenvalue weighted by atomic mass is 10.1. The smallest absolute Gasteiger partial charge is 0.248 e. The number of benzene rings is 2. The SMILES string of the molecule is Cc1ccc(NC(=O)/C=C/c2cn(CCC#N)c3ccccc23)cc1. The fraction of sp³-hybridized carbons (Fsp3) is 0.143. The molecule has 0 aliphatic carbocycles. The summed E-state index contributed by atoms with van der Waals surface area (Å²) in [5.74, 6) is -0.169. The molecule has 25 heavy (non-hydrogen) atoms. The van der Waals surface area contributed by atoms with Crippen LogP contribution in [0.5, 0.6) is 0 Å². The largest absolute Gasteiger partial charge is 0.346 e. The van der Waals surface area contributed by atoms with Crippen molar-refractivity contribution in [3.63, 3.8) is 0 Å². The van der Waals surface area contributed by atoms with Crippen LogP contribution in [0.3, 0.4) is 0 Å². The number of carbonyl (C=O) groups excluding carboxylic acids is 1. The summed E-state index contributed by atoms with van der Waals surface area (Å²) < 4.78 is 2.05. The molecular weight excluding hydrogens is 310 g/mol. The van der Waals surface area contributed by atoms with E-state index in [9.17, 15) is 4.79 Å². The lowest BCUT2D eigenvalue weighted by molar-refractivity contribution is -0.111. The Labute approximate surface area is 147 Å². The molecule has 3 aromatic rings. The molecule has 2 aromatic carbocycles. The molecule has 0 saturated heterocycles. The number of carbonyl (C=O) groups is 1. The van der Waals surface area contributed by atoms with E-state index in [2.05, 4.69) is 16.0 Å². The number of fused-ring (bicyclic) bond motifs is 1. The first-order valence-corrected chi connectivity index (χ1v) is 8.18. The van der Waals surface area contributed by atoms with Crippen molar-refractivity contribution < 1.29 is 4.79 Å². The van der Waals surface area contributed by atoms with E-state index in [1.54, 1.807) is 0 Å². The molecule has 4 nitrogen and oxygen atoms in total. The van der Waals surface area contributed by atoms with Gasteiger partial charge >= 0.3 is 0 Å². The van der Waals surface area contributed by atoms with Crippen molar-refractivity contribution in [2.75, 3.05) is 5.32 Å². The van der Waals surface area contributed by atoms with Crippen LogP contribution >= 0.6 is 0 Å². The normalized spacial score (nSPS) is 10.9. The van der Waals surface area contributed by atoms with E-state index in [4.69, 9.17) is 5.26 Å². The molecule has 0 spiro atoms. The van der Waals surface area contributed by atoms with E-state index < -0.39 is 0 Å². The van der Waals surface area contributed by atoms with Gasteiger partial charge in [0.1, 0.15) is 0 Å². The summed E-state index contributed by atoms with van der Waals surface area (Å²) in [7, 11) is 0. The number of nitriles is 1. The summed E-state index contributed by atoms with van der Waals surface area (Å²) in [4.78, 5) is 12.1. The Balaban J connectivity index is 1.79. The van der Waals surface area contributed by atoms with Crippen LogP contribution in [0, 0.1) is 18.3 Å². The van der Waals surface area contributed by atoms with Gasteiger partial charge in [-0.1, -0.05) is 35.9 Å². The summed E-state index contributed by atoms with van der Waals surface area (Å²) in [6, 6.07) is 17.9. The maximum Gasteiger partial charge on any atom is 0.248 e. The minimum atomic E-state index is -0.169. The second-order valence-electron chi connectivity index (χ2n) is 5.89. The van der Waals surface area contributed by atoms with Gasteiger partial charge in [0.15, 0.2) is 0 Å². The monoisotopic (exact) mass is 329 g/mol. The Bertz CT molecular complexity index is 959. The Morgan fingerprint density at radius 1 is 1.20 bits per heavy atom. The number of rotatable bonds is 5. The van der Waals surface area contributed by atoms with E-state index in [0.717, 1.165) is 27.7 Å². The maximum atomic E-state index is 12.1. The highest BCUT2D eigenvalue weighted by Gasteiger charge is 2.06. The van der Waals surface area contributed by atoms with Gasteiger partial charge in [-0.3, -0.25) is 4.79 Å². The predicted molar refractivity (Wildman–Crippen MR) is 101 cm³/mol. The number of hydrogen-bond acceptors (Lipinski definition) is 2. The zero-order chi connectivity index (χ0) is 17.6. The van der Waals surface area contributed by atoms with Crippen molar-refractivity contribution in [2.45, 2.75) is 19.9 Å². The van der Waals surface area contributed by atoms with E-state index in [1.165, 1.54) is 6.08 Å². The van der Waals surface area contributed by atoms with Crippen LogP contribution in [0.25, 0.3) is 17.0 Å². The standard InChI is InChI=1S/C21H19N3O/c1-16-7-10-18(11-8-16)23-21(25)12-9-17-15-24(14-4-13-22)20-6-3-2-5-19(17)20/h2-3,5-12,15H,4,14H2,1H3,(H,23,25)/b12-9+. The molecule has 0 unspecified atom stereocenters. The highest BCUT2D eigenvalue weighted by molar-refractivity contribution is 6.03. The molecule has 0 atom stereocenters. The topological polar surface area (TPSA) is 57.8 Å². The van der Waals surface area contributed by atoms with Crippen LogP contribution < -0.4 is 5.32 Å². The number of hydrogen-bond donors (Lipinski definition) is 1. The number of aryl methyl sites for hydroxylation is 2. The molecule has 124 valence electrons.